The summed E-state index contributed by atoms with van der Waals surface area (Å²) in [7, 11) is 0. The number of fused-ring (bicyclic) bond motifs is 1. The maximum atomic E-state index is 6.47. The van der Waals surface area contributed by atoms with Gasteiger partial charge in [-0.25, -0.2) is 0 Å². The molecule has 1 aliphatic heterocycles. The van der Waals surface area contributed by atoms with Crippen LogP contribution in [-0.2, 0) is 22.7 Å². The molecule has 0 aliphatic carbocycles. The molecule has 5 rings (SSSR count). The van der Waals surface area contributed by atoms with E-state index in [1.54, 1.807) is 0 Å². The summed E-state index contributed by atoms with van der Waals surface area (Å²) in [5.74, 6) is 2.19. The van der Waals surface area contributed by atoms with E-state index >= 15 is 0 Å². The van der Waals surface area contributed by atoms with Gasteiger partial charge in [-0.05, 0) is 65.6 Å². The summed E-state index contributed by atoms with van der Waals surface area (Å²) >= 11 is 0. The molecule has 2 atom stereocenters. The molecule has 0 bridgehead atoms. The summed E-state index contributed by atoms with van der Waals surface area (Å²) in [6.45, 7) is 7.23. The largest absolute Gasteiger partial charge is 0.494 e. The second-order valence-corrected chi connectivity index (χ2v) is 10.8. The minimum atomic E-state index is 0. The van der Waals surface area contributed by atoms with Crippen molar-refractivity contribution in [3.63, 3.8) is 0 Å². The maximum absolute atomic E-state index is 6.47. The molecule has 0 saturated carbocycles. The summed E-state index contributed by atoms with van der Waals surface area (Å²) in [4.78, 5) is 0. The SMILES string of the molecule is Br.CCCCOc1ccccc1COCCCOc1ccc(C2CCNCC2OCc2ccc3ccccc3c2)cc1. The van der Waals surface area contributed by atoms with Gasteiger partial charge in [-0.15, -0.1) is 17.0 Å². The van der Waals surface area contributed by atoms with Crippen LogP contribution in [-0.4, -0.2) is 39.0 Å². The number of halogens is 1. The second-order valence-electron chi connectivity index (χ2n) is 10.8. The Labute approximate surface area is 261 Å². The van der Waals surface area contributed by atoms with Gasteiger partial charge in [0.1, 0.15) is 11.5 Å². The predicted octanol–water partition coefficient (Wildman–Crippen LogP) is 8.24. The lowest BCUT2D eigenvalue weighted by atomic mass is 9.87. The first-order valence-electron chi connectivity index (χ1n) is 15.1. The van der Waals surface area contributed by atoms with Gasteiger partial charge >= 0.3 is 0 Å². The molecule has 42 heavy (non-hydrogen) atoms. The number of rotatable bonds is 15. The van der Waals surface area contributed by atoms with Crippen molar-refractivity contribution in [3.05, 3.63) is 108 Å². The van der Waals surface area contributed by atoms with E-state index in [0.717, 1.165) is 62.4 Å². The van der Waals surface area contributed by atoms with Crippen LogP contribution in [0.5, 0.6) is 11.5 Å². The number of hydrogen-bond acceptors (Lipinski definition) is 5. The molecule has 1 saturated heterocycles. The lowest BCUT2D eigenvalue weighted by molar-refractivity contribution is 0.0106. The summed E-state index contributed by atoms with van der Waals surface area (Å²) in [6, 6.07) is 31.8. The van der Waals surface area contributed by atoms with E-state index in [1.165, 1.54) is 21.9 Å². The van der Waals surface area contributed by atoms with Gasteiger partial charge in [0.05, 0.1) is 39.1 Å². The van der Waals surface area contributed by atoms with E-state index in [2.05, 4.69) is 85.0 Å². The minimum absolute atomic E-state index is 0. The average Bonchev–Trinajstić information content (AvgIpc) is 3.03. The molecule has 1 aliphatic rings. The fourth-order valence-corrected chi connectivity index (χ4v) is 5.35. The molecular weight excluding hydrogens is 590 g/mol. The van der Waals surface area contributed by atoms with Crippen molar-refractivity contribution < 1.29 is 18.9 Å². The Bertz CT molecular complexity index is 1350. The van der Waals surface area contributed by atoms with Crippen LogP contribution in [0.25, 0.3) is 10.8 Å². The number of nitrogens with one attached hydrogen (secondary N) is 1. The highest BCUT2D eigenvalue weighted by molar-refractivity contribution is 8.93. The topological polar surface area (TPSA) is 49.0 Å². The Hall–Kier alpha value is -2.90. The number of piperidine rings is 1. The molecule has 1 N–H and O–H groups in total. The van der Waals surface area contributed by atoms with Crippen molar-refractivity contribution in [1.29, 1.82) is 0 Å². The van der Waals surface area contributed by atoms with Crippen molar-refractivity contribution in [2.45, 2.75) is 57.8 Å². The predicted molar refractivity (Wildman–Crippen MR) is 176 cm³/mol. The molecule has 4 aromatic carbocycles. The molecule has 5 nitrogen and oxygen atoms in total. The minimum Gasteiger partial charge on any atom is -0.494 e. The van der Waals surface area contributed by atoms with Crippen LogP contribution in [0.3, 0.4) is 0 Å². The number of unbranched alkanes of at least 4 members (excludes halogenated alkanes) is 1. The Morgan fingerprint density at radius 1 is 0.762 bits per heavy atom. The molecule has 4 aromatic rings. The highest BCUT2D eigenvalue weighted by atomic mass is 79.9. The van der Waals surface area contributed by atoms with Gasteiger partial charge in [0.25, 0.3) is 0 Å². The van der Waals surface area contributed by atoms with Crippen molar-refractivity contribution in [2.75, 3.05) is 32.9 Å². The molecular formula is C36H44BrNO4. The van der Waals surface area contributed by atoms with Crippen LogP contribution < -0.4 is 14.8 Å². The zero-order valence-corrected chi connectivity index (χ0v) is 26.3. The third-order valence-electron chi connectivity index (χ3n) is 7.70. The summed E-state index contributed by atoms with van der Waals surface area (Å²) < 4.78 is 24.3. The fourth-order valence-electron chi connectivity index (χ4n) is 5.35. The fraction of sp³-hybridized carbons (Fsp3) is 0.389. The second kappa shape index (κ2) is 17.3. The maximum Gasteiger partial charge on any atom is 0.124 e. The van der Waals surface area contributed by atoms with Gasteiger partial charge in [0.2, 0.25) is 0 Å². The molecule has 6 heteroatoms. The first-order chi connectivity index (χ1) is 20.3. The van der Waals surface area contributed by atoms with Gasteiger partial charge in [-0.3, -0.25) is 0 Å². The number of ether oxygens (including phenoxy) is 4. The summed E-state index contributed by atoms with van der Waals surface area (Å²) in [6.07, 6.45) is 4.22. The third-order valence-corrected chi connectivity index (χ3v) is 7.70. The van der Waals surface area contributed by atoms with E-state index < -0.39 is 0 Å². The Balaban J connectivity index is 0.00000405. The first kappa shape index (κ1) is 32.0. The average molecular weight is 635 g/mol. The van der Waals surface area contributed by atoms with Crippen LogP contribution >= 0.6 is 17.0 Å². The molecule has 1 fully saturated rings. The first-order valence-corrected chi connectivity index (χ1v) is 15.1. The number of para-hydroxylation sites is 1. The van der Waals surface area contributed by atoms with E-state index in [1.807, 2.05) is 18.2 Å². The van der Waals surface area contributed by atoms with Crippen LogP contribution in [0.15, 0.2) is 91.0 Å². The lowest BCUT2D eigenvalue weighted by Gasteiger charge is -2.32. The quantitative estimate of drug-likeness (QED) is 0.134. The van der Waals surface area contributed by atoms with Crippen molar-refractivity contribution in [2.24, 2.45) is 0 Å². The lowest BCUT2D eigenvalue weighted by Crippen LogP contribution is -2.40. The van der Waals surface area contributed by atoms with E-state index in [-0.39, 0.29) is 23.1 Å². The van der Waals surface area contributed by atoms with Crippen LogP contribution in [0.4, 0.5) is 0 Å². The Morgan fingerprint density at radius 3 is 2.40 bits per heavy atom. The van der Waals surface area contributed by atoms with Crippen LogP contribution in [0.1, 0.15) is 55.2 Å². The third kappa shape index (κ3) is 9.30. The van der Waals surface area contributed by atoms with Gasteiger partial charge < -0.3 is 24.3 Å². The van der Waals surface area contributed by atoms with Crippen LogP contribution in [0.2, 0.25) is 0 Å². The Kier molecular flexibility index (Phi) is 13.2. The molecule has 0 aromatic heterocycles. The summed E-state index contributed by atoms with van der Waals surface area (Å²) in [5, 5.41) is 6.03. The van der Waals surface area contributed by atoms with Crippen molar-refractivity contribution in [1.82, 2.24) is 5.32 Å². The van der Waals surface area contributed by atoms with Crippen molar-refractivity contribution >= 4 is 27.8 Å². The summed E-state index contributed by atoms with van der Waals surface area (Å²) in [5.41, 5.74) is 3.62. The number of hydrogen-bond donors (Lipinski definition) is 1. The van der Waals surface area contributed by atoms with Gasteiger partial charge in [0, 0.05) is 24.4 Å². The van der Waals surface area contributed by atoms with Gasteiger partial charge in [-0.2, -0.15) is 0 Å². The molecule has 0 radical (unpaired) electrons. The molecule has 1 heterocycles. The number of benzene rings is 4. The highest BCUT2D eigenvalue weighted by Gasteiger charge is 2.27. The van der Waals surface area contributed by atoms with Gasteiger partial charge in [0.15, 0.2) is 0 Å². The molecule has 2 unspecified atom stereocenters. The zero-order chi connectivity index (χ0) is 28.1. The van der Waals surface area contributed by atoms with Crippen molar-refractivity contribution in [3.8, 4) is 11.5 Å². The van der Waals surface area contributed by atoms with E-state index in [4.69, 9.17) is 18.9 Å². The zero-order valence-electron chi connectivity index (χ0n) is 24.6. The standard InChI is InChI=1S/C36H43NO4.BrH/c1-2-3-22-40-35-12-7-6-11-32(35)27-38-21-8-23-39-33-17-15-30(16-18-33)34-19-20-37-25-36(34)41-26-28-13-14-29-9-4-5-10-31(29)24-28;/h4-7,9-18,24,34,36-37H,2-3,8,19-23,25-27H2,1H3;1H. The van der Waals surface area contributed by atoms with E-state index in [9.17, 15) is 0 Å². The molecule has 0 amide bonds. The van der Waals surface area contributed by atoms with E-state index in [0.29, 0.717) is 32.3 Å². The van der Waals surface area contributed by atoms with Gasteiger partial charge in [-0.1, -0.05) is 80.1 Å². The molecule has 224 valence electrons. The molecule has 0 spiro atoms. The monoisotopic (exact) mass is 633 g/mol. The Morgan fingerprint density at radius 2 is 1.55 bits per heavy atom. The smallest absolute Gasteiger partial charge is 0.124 e. The normalized spacial score (nSPS) is 16.6. The van der Waals surface area contributed by atoms with Crippen LogP contribution in [0, 0.1) is 0 Å². The highest BCUT2D eigenvalue weighted by Crippen LogP contribution is 2.30.